The van der Waals surface area contributed by atoms with Gasteiger partial charge in [-0.05, 0) is 19.1 Å². The number of carbonyl (C=O) groups is 3. The summed E-state index contributed by atoms with van der Waals surface area (Å²) in [4.78, 5) is 48.8. The van der Waals surface area contributed by atoms with Gasteiger partial charge in [-0.1, -0.05) is 16.9 Å². The van der Waals surface area contributed by atoms with Crippen LogP contribution in [0.15, 0.2) is 52.0 Å². The second-order valence-corrected chi connectivity index (χ2v) is 11.5. The number of oxime groups is 1. The largest absolute Gasteiger partial charge is 0.477 e. The van der Waals surface area contributed by atoms with Crippen molar-refractivity contribution >= 4 is 69.3 Å². The Morgan fingerprint density at radius 1 is 1.40 bits per heavy atom. The molecule has 1 saturated heterocycles. The number of pyridine rings is 1. The molecule has 40 heavy (non-hydrogen) atoms. The first kappa shape index (κ1) is 27.9. The molecule has 0 unspecified atom stereocenters. The molecule has 0 spiro atoms. The number of β-lactam (4-membered cyclic amide) rings is 1. The monoisotopic (exact) mass is 605 g/mol. The number of aliphatic hydroxyl groups is 1. The Hall–Kier alpha value is -3.67. The number of nitrogens with one attached hydrogen (secondary N) is 1. The SMILES string of the molecule is CCO/N=C(\C(=O)N[C@@H]1C(=O)N2C(C(=O)O)=C(C[n+]3ccn4c(SCCO)cccc43)CS[C@H]12)c1nsc(N)n1. The molecule has 2 amide bonds. The van der Waals surface area contributed by atoms with Gasteiger partial charge >= 0.3 is 5.97 Å². The lowest BCUT2D eigenvalue weighted by atomic mass is 10.0. The quantitative estimate of drug-likeness (QED) is 0.0753. The van der Waals surface area contributed by atoms with E-state index in [4.69, 9.17) is 10.6 Å². The summed E-state index contributed by atoms with van der Waals surface area (Å²) < 4.78 is 7.87. The number of carboxylic acid groups (broad SMARTS) is 1. The summed E-state index contributed by atoms with van der Waals surface area (Å²) in [6.45, 7) is 2.20. The second-order valence-electron chi connectivity index (χ2n) is 8.52. The van der Waals surface area contributed by atoms with Gasteiger partial charge in [0.25, 0.3) is 17.5 Å². The van der Waals surface area contributed by atoms with E-state index in [9.17, 15) is 24.6 Å². The summed E-state index contributed by atoms with van der Waals surface area (Å²) in [5.74, 6) is -1.64. The first-order valence-electron chi connectivity index (χ1n) is 12.1. The number of carbonyl (C=O) groups excluding carboxylic acids is 2. The molecule has 1 fully saturated rings. The number of aliphatic carboxylic acids is 1. The van der Waals surface area contributed by atoms with Gasteiger partial charge in [0, 0.05) is 34.7 Å². The molecule has 0 saturated carbocycles. The van der Waals surface area contributed by atoms with Crippen LogP contribution in [0.4, 0.5) is 5.13 Å². The molecule has 5 rings (SSSR count). The van der Waals surface area contributed by atoms with Crippen LogP contribution < -0.4 is 15.6 Å². The highest BCUT2D eigenvalue weighted by Crippen LogP contribution is 2.40. The number of hydrogen-bond donors (Lipinski definition) is 4. The Morgan fingerprint density at radius 2 is 2.23 bits per heavy atom. The zero-order valence-electron chi connectivity index (χ0n) is 21.1. The van der Waals surface area contributed by atoms with Gasteiger partial charge in [0.1, 0.15) is 42.7 Å². The fraction of sp³-hybridized carbons (Fsp3) is 0.348. The van der Waals surface area contributed by atoms with Gasteiger partial charge in [-0.3, -0.25) is 14.5 Å². The van der Waals surface area contributed by atoms with Gasteiger partial charge in [-0.25, -0.2) is 9.36 Å². The van der Waals surface area contributed by atoms with E-state index in [-0.39, 0.29) is 42.1 Å². The standard InChI is InChI=1S/C23H24N8O6S3/c1-2-37-27-15(18-26-23(24)40-28-18)19(33)25-16-20(34)31-17(22(35)36)12(11-39-21(16)31)10-29-6-7-30-13(29)4-3-5-14(30)38-9-8-32/h3-7,16,21,32H,2,8-11H2,1H3,(H3-,24,25,26,28,33,35,36)/p+1/b27-15-/t16-,21-/m1/s1. The highest BCUT2D eigenvalue weighted by Gasteiger charge is 2.54. The minimum Gasteiger partial charge on any atom is -0.477 e. The zero-order chi connectivity index (χ0) is 28.4. The van der Waals surface area contributed by atoms with Crippen LogP contribution in [0.2, 0.25) is 0 Å². The molecule has 0 aliphatic carbocycles. The van der Waals surface area contributed by atoms with Crippen LogP contribution in [0.1, 0.15) is 12.7 Å². The van der Waals surface area contributed by atoms with Crippen molar-refractivity contribution in [1.29, 1.82) is 0 Å². The van der Waals surface area contributed by atoms with E-state index < -0.39 is 29.2 Å². The van der Waals surface area contributed by atoms with Crippen LogP contribution in [0.25, 0.3) is 5.65 Å². The number of aromatic nitrogens is 4. The Labute approximate surface area is 240 Å². The van der Waals surface area contributed by atoms with E-state index >= 15 is 0 Å². The zero-order valence-corrected chi connectivity index (χ0v) is 23.5. The van der Waals surface area contributed by atoms with Gasteiger partial charge in [0.05, 0.1) is 6.61 Å². The fourth-order valence-electron chi connectivity index (χ4n) is 4.36. The number of carboxylic acids is 1. The molecule has 0 bridgehead atoms. The molecule has 17 heteroatoms. The Balaban J connectivity index is 1.36. The van der Waals surface area contributed by atoms with Gasteiger partial charge < -0.3 is 26.1 Å². The number of anilines is 1. The van der Waals surface area contributed by atoms with E-state index in [0.29, 0.717) is 17.1 Å². The van der Waals surface area contributed by atoms with Crippen LogP contribution in [-0.4, -0.2) is 88.5 Å². The predicted molar refractivity (Wildman–Crippen MR) is 148 cm³/mol. The van der Waals surface area contributed by atoms with E-state index in [1.807, 2.05) is 39.6 Å². The van der Waals surface area contributed by atoms with E-state index in [1.165, 1.54) is 28.4 Å². The molecule has 2 aliphatic heterocycles. The number of nitrogens with two attached hydrogens (primary N) is 1. The maximum Gasteiger partial charge on any atom is 0.352 e. The summed E-state index contributed by atoms with van der Waals surface area (Å²) in [6, 6.07) is 4.78. The summed E-state index contributed by atoms with van der Waals surface area (Å²) >= 11 is 3.76. The number of rotatable bonds is 11. The summed E-state index contributed by atoms with van der Waals surface area (Å²) in [7, 11) is 0. The molecule has 5 N–H and O–H groups in total. The third-order valence-electron chi connectivity index (χ3n) is 6.05. The highest BCUT2D eigenvalue weighted by molar-refractivity contribution is 8.00. The minimum atomic E-state index is -1.22. The van der Waals surface area contributed by atoms with Crippen LogP contribution in [0.3, 0.4) is 0 Å². The molecule has 5 heterocycles. The Morgan fingerprint density at radius 3 is 2.92 bits per heavy atom. The lowest BCUT2D eigenvalue weighted by Crippen LogP contribution is -2.71. The van der Waals surface area contributed by atoms with E-state index in [2.05, 4.69) is 19.8 Å². The first-order chi connectivity index (χ1) is 19.3. The third-order valence-corrected chi connectivity index (χ3v) is 8.95. The van der Waals surface area contributed by atoms with Crippen molar-refractivity contribution in [3.8, 4) is 0 Å². The second kappa shape index (κ2) is 11.8. The Bertz CT molecular complexity index is 1540. The number of thioether (sulfide) groups is 2. The molecule has 3 aromatic rings. The topological polar surface area (TPSA) is 189 Å². The van der Waals surface area contributed by atoms with E-state index in [1.54, 1.807) is 6.92 Å². The predicted octanol–water partition coefficient (Wildman–Crippen LogP) is -0.0757. The molecular formula is C23H25N8O6S3+. The number of fused-ring (bicyclic) bond motifs is 2. The number of aliphatic hydroxyl groups excluding tert-OH is 1. The van der Waals surface area contributed by atoms with Crippen molar-refractivity contribution in [3.63, 3.8) is 0 Å². The number of nitrogen functional groups attached to an aromatic ring is 1. The van der Waals surface area contributed by atoms with Crippen molar-refractivity contribution in [1.82, 2.24) is 24.0 Å². The molecule has 2 aliphatic rings. The smallest absolute Gasteiger partial charge is 0.352 e. The molecule has 2 atom stereocenters. The van der Waals surface area contributed by atoms with Gasteiger partial charge in [-0.2, -0.15) is 13.8 Å². The summed E-state index contributed by atoms with van der Waals surface area (Å²) in [5, 5.41) is 26.2. The normalized spacial score (nSPS) is 19.0. The lowest BCUT2D eigenvalue weighted by Gasteiger charge is -2.49. The van der Waals surface area contributed by atoms with Crippen molar-refractivity contribution < 1.29 is 34.0 Å². The minimum absolute atomic E-state index is 0.0310. The number of amides is 2. The van der Waals surface area contributed by atoms with Crippen molar-refractivity contribution in [2.24, 2.45) is 5.16 Å². The summed E-state index contributed by atoms with van der Waals surface area (Å²) in [5.41, 5.74) is 6.72. The van der Waals surface area contributed by atoms with Crippen LogP contribution in [0.5, 0.6) is 0 Å². The van der Waals surface area contributed by atoms with Crippen molar-refractivity contribution in [2.75, 3.05) is 30.5 Å². The number of imidazole rings is 1. The molecule has 0 aromatic carbocycles. The van der Waals surface area contributed by atoms with Crippen LogP contribution >= 0.6 is 35.1 Å². The third kappa shape index (κ3) is 5.24. The molecule has 14 nitrogen and oxygen atoms in total. The van der Waals surface area contributed by atoms with Crippen molar-refractivity contribution in [2.45, 2.75) is 29.9 Å². The van der Waals surface area contributed by atoms with Gasteiger partial charge in [-0.15, -0.1) is 11.8 Å². The fourth-order valence-corrected chi connectivity index (χ4v) is 6.90. The maximum atomic E-state index is 13.2. The number of nitrogens with zero attached hydrogens (tertiary/aromatic N) is 6. The first-order valence-corrected chi connectivity index (χ1v) is 14.9. The van der Waals surface area contributed by atoms with Crippen molar-refractivity contribution in [3.05, 3.63) is 47.7 Å². The maximum absolute atomic E-state index is 13.2. The van der Waals surface area contributed by atoms with Crippen LogP contribution in [0, 0.1) is 0 Å². The van der Waals surface area contributed by atoms with Gasteiger partial charge in [0.15, 0.2) is 10.2 Å². The van der Waals surface area contributed by atoms with Crippen LogP contribution in [-0.2, 0) is 25.8 Å². The van der Waals surface area contributed by atoms with Gasteiger partial charge in [0.2, 0.25) is 11.5 Å². The highest BCUT2D eigenvalue weighted by atomic mass is 32.2. The average molecular weight is 606 g/mol. The molecule has 210 valence electrons. The number of hydrogen-bond acceptors (Lipinski definition) is 12. The Kier molecular flexibility index (Phi) is 8.24. The lowest BCUT2D eigenvalue weighted by molar-refractivity contribution is -0.662. The molecule has 3 aromatic heterocycles. The molecule has 0 radical (unpaired) electrons. The molecular weight excluding hydrogens is 581 g/mol. The average Bonchev–Trinajstić information content (AvgIpc) is 3.56. The summed E-state index contributed by atoms with van der Waals surface area (Å²) in [6.07, 6.45) is 3.72. The van der Waals surface area contributed by atoms with E-state index in [0.717, 1.165) is 22.2 Å².